The number of ether oxygens (including phenoxy) is 1. The fourth-order valence-electron chi connectivity index (χ4n) is 4.29. The van der Waals surface area contributed by atoms with Crippen molar-refractivity contribution in [2.45, 2.75) is 43.9 Å². The average molecular weight is 524 g/mol. The number of thioether (sulfide) groups is 1. The lowest BCUT2D eigenvalue weighted by Gasteiger charge is -2.11. The molecular weight excluding hydrogens is 498 g/mol. The van der Waals surface area contributed by atoms with Crippen LogP contribution in [0.4, 0.5) is 5.00 Å². The van der Waals surface area contributed by atoms with Gasteiger partial charge in [0.05, 0.1) is 23.9 Å². The standard InChI is InChI=1S/C24H25N7O3S2/c1-3-12-30-19(13-31-17-10-6-5-9-16(17)26-29-31)27-28-24(30)35-14-20(32)25-22-21(23(33)34-2)15-8-4-7-11-18(15)36-22/h3,5-6,9-10H,1,4,7-8,11-14H2,2H3,(H,25,32). The zero-order chi connectivity index (χ0) is 25.1. The maximum atomic E-state index is 12.9. The number of nitrogens with zero attached hydrogens (tertiary/aromatic N) is 6. The van der Waals surface area contributed by atoms with Crippen LogP contribution in [-0.4, -0.2) is 54.5 Å². The molecule has 5 rings (SSSR count). The number of thiophene rings is 1. The van der Waals surface area contributed by atoms with Gasteiger partial charge in [0, 0.05) is 11.4 Å². The van der Waals surface area contributed by atoms with Crippen LogP contribution < -0.4 is 5.32 Å². The van der Waals surface area contributed by atoms with E-state index in [9.17, 15) is 9.59 Å². The molecule has 0 atom stereocenters. The van der Waals surface area contributed by atoms with E-state index >= 15 is 0 Å². The van der Waals surface area contributed by atoms with E-state index in [1.807, 2.05) is 28.8 Å². The fourth-order valence-corrected chi connectivity index (χ4v) is 6.35. The summed E-state index contributed by atoms with van der Waals surface area (Å²) in [5.74, 6) is 0.173. The van der Waals surface area contributed by atoms with E-state index in [-0.39, 0.29) is 11.7 Å². The predicted molar refractivity (Wildman–Crippen MR) is 139 cm³/mol. The van der Waals surface area contributed by atoms with Gasteiger partial charge in [-0.3, -0.25) is 4.79 Å². The molecule has 1 aromatic carbocycles. The van der Waals surface area contributed by atoms with Crippen molar-refractivity contribution in [1.82, 2.24) is 29.8 Å². The summed E-state index contributed by atoms with van der Waals surface area (Å²) in [6, 6.07) is 7.71. The molecule has 36 heavy (non-hydrogen) atoms. The first-order chi connectivity index (χ1) is 17.6. The third-order valence-corrected chi connectivity index (χ3v) is 8.14. The van der Waals surface area contributed by atoms with Crippen molar-refractivity contribution < 1.29 is 14.3 Å². The van der Waals surface area contributed by atoms with Gasteiger partial charge in [-0.05, 0) is 43.4 Å². The van der Waals surface area contributed by atoms with Gasteiger partial charge in [-0.15, -0.1) is 33.2 Å². The lowest BCUT2D eigenvalue weighted by atomic mass is 9.95. The van der Waals surface area contributed by atoms with Gasteiger partial charge < -0.3 is 14.6 Å². The molecule has 1 aliphatic carbocycles. The first-order valence-corrected chi connectivity index (χ1v) is 13.4. The number of benzene rings is 1. The van der Waals surface area contributed by atoms with Gasteiger partial charge >= 0.3 is 5.97 Å². The summed E-state index contributed by atoms with van der Waals surface area (Å²) in [7, 11) is 1.36. The molecule has 4 aromatic rings. The second-order valence-corrected chi connectivity index (χ2v) is 10.3. The Bertz CT molecular complexity index is 1440. The molecule has 1 aliphatic rings. The van der Waals surface area contributed by atoms with Gasteiger partial charge in [-0.2, -0.15) is 0 Å². The van der Waals surface area contributed by atoms with Crippen LogP contribution in [0.15, 0.2) is 42.1 Å². The topological polar surface area (TPSA) is 117 Å². The number of nitrogens with one attached hydrogen (secondary N) is 1. The van der Waals surface area contributed by atoms with Gasteiger partial charge in [0.15, 0.2) is 11.0 Å². The minimum Gasteiger partial charge on any atom is -0.465 e. The summed E-state index contributed by atoms with van der Waals surface area (Å²) in [6.45, 7) is 4.72. The number of carbonyl (C=O) groups excluding carboxylic acids is 2. The summed E-state index contributed by atoms with van der Waals surface area (Å²) in [5, 5.41) is 21.1. The van der Waals surface area contributed by atoms with Crippen molar-refractivity contribution >= 4 is 51.0 Å². The third-order valence-electron chi connectivity index (χ3n) is 5.96. The van der Waals surface area contributed by atoms with Gasteiger partial charge in [0.2, 0.25) is 5.91 Å². The smallest absolute Gasteiger partial charge is 0.341 e. The zero-order valence-electron chi connectivity index (χ0n) is 19.8. The van der Waals surface area contributed by atoms with E-state index in [4.69, 9.17) is 4.74 Å². The summed E-state index contributed by atoms with van der Waals surface area (Å²) >= 11 is 2.75. The number of rotatable bonds is 9. The Morgan fingerprint density at radius 3 is 2.89 bits per heavy atom. The number of allylic oxidation sites excluding steroid dienone is 1. The Hall–Kier alpha value is -3.51. The lowest BCUT2D eigenvalue weighted by molar-refractivity contribution is -0.113. The molecule has 0 saturated carbocycles. The number of methoxy groups -OCH3 is 1. The molecule has 3 aromatic heterocycles. The minimum atomic E-state index is -0.409. The van der Waals surface area contributed by atoms with Crippen LogP contribution in [-0.2, 0) is 35.5 Å². The largest absolute Gasteiger partial charge is 0.465 e. The highest BCUT2D eigenvalue weighted by molar-refractivity contribution is 7.99. The number of fused-ring (bicyclic) bond motifs is 2. The van der Waals surface area contributed by atoms with Gasteiger partial charge in [0.25, 0.3) is 0 Å². The molecular formula is C24H25N7O3S2. The van der Waals surface area contributed by atoms with Crippen LogP contribution in [0, 0.1) is 0 Å². The van der Waals surface area contributed by atoms with Crippen LogP contribution in [0.1, 0.15) is 39.5 Å². The second kappa shape index (κ2) is 10.6. The number of esters is 1. The summed E-state index contributed by atoms with van der Waals surface area (Å²) in [5.41, 5.74) is 3.21. The van der Waals surface area contributed by atoms with Crippen molar-refractivity contribution in [3.63, 3.8) is 0 Å². The first-order valence-electron chi connectivity index (χ1n) is 11.6. The third kappa shape index (κ3) is 4.78. The molecule has 12 heteroatoms. The average Bonchev–Trinajstić information content (AvgIpc) is 3.58. The van der Waals surface area contributed by atoms with Crippen LogP contribution >= 0.6 is 23.1 Å². The summed E-state index contributed by atoms with van der Waals surface area (Å²) < 4.78 is 8.67. The Balaban J connectivity index is 1.30. The van der Waals surface area contributed by atoms with Crippen LogP contribution in [0.3, 0.4) is 0 Å². The number of hydrogen-bond acceptors (Lipinski definition) is 9. The van der Waals surface area contributed by atoms with E-state index in [1.165, 1.54) is 30.2 Å². The maximum absolute atomic E-state index is 12.9. The second-order valence-electron chi connectivity index (χ2n) is 8.28. The Labute approximate surface area is 215 Å². The van der Waals surface area contributed by atoms with Crippen molar-refractivity contribution in [2.75, 3.05) is 18.2 Å². The van der Waals surface area contributed by atoms with Crippen molar-refractivity contribution in [2.24, 2.45) is 0 Å². The van der Waals surface area contributed by atoms with Crippen LogP contribution in [0.5, 0.6) is 0 Å². The Morgan fingerprint density at radius 1 is 1.22 bits per heavy atom. The number of aryl methyl sites for hydroxylation is 1. The Morgan fingerprint density at radius 2 is 2.06 bits per heavy atom. The van der Waals surface area contributed by atoms with E-state index in [2.05, 4.69) is 32.4 Å². The molecule has 186 valence electrons. The number of para-hydroxylation sites is 1. The van der Waals surface area contributed by atoms with Crippen LogP contribution in [0.25, 0.3) is 11.0 Å². The van der Waals surface area contributed by atoms with E-state index in [0.717, 1.165) is 47.2 Å². The minimum absolute atomic E-state index is 0.116. The van der Waals surface area contributed by atoms with Crippen molar-refractivity contribution in [1.29, 1.82) is 0 Å². The Kier molecular flexibility index (Phi) is 7.14. The number of amides is 1. The molecule has 1 N–H and O–H groups in total. The fraction of sp³-hybridized carbons (Fsp3) is 0.333. The number of anilines is 1. The van der Waals surface area contributed by atoms with Gasteiger partial charge in [-0.25, -0.2) is 9.48 Å². The number of aromatic nitrogens is 6. The number of carbonyl (C=O) groups is 2. The van der Waals surface area contributed by atoms with E-state index in [1.54, 1.807) is 10.8 Å². The molecule has 0 radical (unpaired) electrons. The molecule has 10 nitrogen and oxygen atoms in total. The molecule has 3 heterocycles. The molecule has 0 spiro atoms. The molecule has 0 fully saturated rings. The highest BCUT2D eigenvalue weighted by atomic mass is 32.2. The van der Waals surface area contributed by atoms with Crippen molar-refractivity contribution in [3.8, 4) is 0 Å². The van der Waals surface area contributed by atoms with Gasteiger partial charge in [-0.1, -0.05) is 35.2 Å². The first kappa shape index (κ1) is 24.2. The van der Waals surface area contributed by atoms with Crippen LogP contribution in [0.2, 0.25) is 0 Å². The summed E-state index contributed by atoms with van der Waals surface area (Å²) in [4.78, 5) is 26.5. The SMILES string of the molecule is C=CCn1c(Cn2nnc3ccccc32)nnc1SCC(=O)Nc1sc2c(c1C(=O)OC)CCCC2. The molecule has 0 unspecified atom stereocenters. The molecule has 0 aliphatic heterocycles. The highest BCUT2D eigenvalue weighted by Gasteiger charge is 2.27. The van der Waals surface area contributed by atoms with E-state index in [0.29, 0.717) is 34.6 Å². The quantitative estimate of drug-likeness (QED) is 0.200. The molecule has 0 saturated heterocycles. The number of hydrogen-bond donors (Lipinski definition) is 1. The highest BCUT2D eigenvalue weighted by Crippen LogP contribution is 2.38. The maximum Gasteiger partial charge on any atom is 0.341 e. The molecule has 1 amide bonds. The van der Waals surface area contributed by atoms with Crippen molar-refractivity contribution in [3.05, 3.63) is 58.7 Å². The zero-order valence-corrected chi connectivity index (χ0v) is 21.4. The van der Waals surface area contributed by atoms with Gasteiger partial charge in [0.1, 0.15) is 17.1 Å². The monoisotopic (exact) mass is 523 g/mol. The van der Waals surface area contributed by atoms with E-state index < -0.39 is 5.97 Å². The predicted octanol–water partition coefficient (Wildman–Crippen LogP) is 3.71. The molecule has 0 bridgehead atoms. The lowest BCUT2D eigenvalue weighted by Crippen LogP contribution is -2.17. The normalized spacial score (nSPS) is 12.9. The summed E-state index contributed by atoms with van der Waals surface area (Å²) in [6.07, 6.45) is 5.62.